The minimum absolute atomic E-state index is 0.00120. The number of halogens is 1. The van der Waals surface area contributed by atoms with Crippen LogP contribution in [0.2, 0.25) is 0 Å². The second-order valence-corrected chi connectivity index (χ2v) is 4.11. The Labute approximate surface area is 106 Å². The fourth-order valence-corrected chi connectivity index (χ4v) is 1.61. The molecule has 0 saturated heterocycles. The van der Waals surface area contributed by atoms with E-state index in [1.54, 1.807) is 6.08 Å². The van der Waals surface area contributed by atoms with E-state index in [-0.39, 0.29) is 17.9 Å². The number of carbonyl (C=O) groups is 1. The molecule has 2 atom stereocenters. The molecule has 0 aliphatic carbocycles. The maximum Gasteiger partial charge on any atom is 0.224 e. The maximum absolute atomic E-state index is 11.4. The van der Waals surface area contributed by atoms with Crippen LogP contribution in [0.3, 0.4) is 0 Å². The van der Waals surface area contributed by atoms with Gasteiger partial charge in [-0.1, -0.05) is 41.7 Å². The number of rotatable bonds is 6. The van der Waals surface area contributed by atoms with Crippen LogP contribution in [0.4, 0.5) is 0 Å². The molecule has 3 heteroatoms. The predicted octanol–water partition coefficient (Wildman–Crippen LogP) is 3.21. The molecule has 0 bridgehead atoms. The summed E-state index contributed by atoms with van der Waals surface area (Å²) in [4.78, 5) is 11.4. The van der Waals surface area contributed by atoms with Gasteiger partial charge in [0.05, 0.1) is 6.04 Å². The van der Waals surface area contributed by atoms with Crippen LogP contribution in [-0.4, -0.2) is 11.9 Å². The predicted molar refractivity (Wildman–Crippen MR) is 73.9 cm³/mol. The van der Waals surface area contributed by atoms with Gasteiger partial charge < -0.3 is 5.32 Å². The van der Waals surface area contributed by atoms with Crippen LogP contribution in [0.5, 0.6) is 0 Å². The average molecular weight is 319 g/mol. The molecule has 1 amide bonds. The van der Waals surface area contributed by atoms with E-state index in [4.69, 9.17) is 0 Å². The number of hydrogen-bond acceptors (Lipinski definition) is 1. The molecule has 0 radical (unpaired) electrons. The Kier molecular flexibility index (Phi) is 7.38. The van der Waals surface area contributed by atoms with Crippen LogP contribution in [0.15, 0.2) is 35.0 Å². The smallest absolute Gasteiger partial charge is 0.224 e. The summed E-state index contributed by atoms with van der Waals surface area (Å²) in [5.74, 6) is 0.228. The van der Waals surface area contributed by atoms with E-state index < -0.39 is 0 Å². The van der Waals surface area contributed by atoms with Gasteiger partial charge >= 0.3 is 0 Å². The zero-order chi connectivity index (χ0) is 11.8. The van der Waals surface area contributed by atoms with Gasteiger partial charge in [0, 0.05) is 6.42 Å². The van der Waals surface area contributed by atoms with Gasteiger partial charge in [0.15, 0.2) is 0 Å². The van der Waals surface area contributed by atoms with E-state index >= 15 is 0 Å². The molecule has 0 saturated carbocycles. The molecule has 1 N–H and O–H groups in total. The number of hydrogen-bond donors (Lipinski definition) is 1. The first kappa shape index (κ1) is 14.4. The van der Waals surface area contributed by atoms with Crippen molar-refractivity contribution in [1.29, 1.82) is 0 Å². The zero-order valence-corrected chi connectivity index (χ0v) is 11.5. The lowest BCUT2D eigenvalue weighted by Crippen LogP contribution is -2.39. The lowest BCUT2D eigenvalue weighted by Gasteiger charge is -2.23. The Hall–Kier alpha value is -0.580. The van der Waals surface area contributed by atoms with Crippen molar-refractivity contribution in [3.8, 4) is 0 Å². The monoisotopic (exact) mass is 319 g/mol. The van der Waals surface area contributed by atoms with Gasteiger partial charge in [-0.3, -0.25) is 4.79 Å². The van der Waals surface area contributed by atoms with Crippen molar-refractivity contribution >= 4 is 28.5 Å². The molecule has 0 fully saturated rings. The molecule has 0 spiro atoms. The zero-order valence-electron chi connectivity index (χ0n) is 9.29. The van der Waals surface area contributed by atoms with Gasteiger partial charge in [-0.25, -0.2) is 0 Å². The molecule has 15 heavy (non-hydrogen) atoms. The Morgan fingerprint density at radius 2 is 2.13 bits per heavy atom. The minimum atomic E-state index is 0.00120. The summed E-state index contributed by atoms with van der Waals surface area (Å²) in [5, 5.41) is 2.96. The summed E-state index contributed by atoms with van der Waals surface area (Å²) in [6.45, 7) is 11.3. The van der Waals surface area contributed by atoms with E-state index in [1.165, 1.54) is 0 Å². The molecule has 2 nitrogen and oxygen atoms in total. The highest BCUT2D eigenvalue weighted by Crippen LogP contribution is 2.15. The lowest BCUT2D eigenvalue weighted by atomic mass is 9.96. The van der Waals surface area contributed by atoms with Crippen LogP contribution in [0, 0.1) is 5.92 Å². The molecular formula is C12H18INO. The van der Waals surface area contributed by atoms with Crippen LogP contribution < -0.4 is 5.32 Å². The molecule has 0 aromatic carbocycles. The molecule has 0 aromatic rings. The largest absolute Gasteiger partial charge is 0.349 e. The van der Waals surface area contributed by atoms with Crippen molar-refractivity contribution in [1.82, 2.24) is 5.32 Å². The van der Waals surface area contributed by atoms with Gasteiger partial charge in [0.1, 0.15) is 0 Å². The molecule has 0 unspecified atom stereocenters. The van der Waals surface area contributed by atoms with Crippen molar-refractivity contribution in [2.75, 3.05) is 0 Å². The van der Waals surface area contributed by atoms with Crippen LogP contribution in [0.25, 0.3) is 0 Å². The van der Waals surface area contributed by atoms with Gasteiger partial charge in [-0.15, -0.1) is 13.2 Å². The topological polar surface area (TPSA) is 29.1 Å². The fraction of sp³-hybridized carbons (Fsp3) is 0.417. The van der Waals surface area contributed by atoms with Gasteiger partial charge in [0.25, 0.3) is 0 Å². The average Bonchev–Trinajstić information content (AvgIpc) is 2.24. The molecule has 0 heterocycles. The highest BCUT2D eigenvalue weighted by Gasteiger charge is 2.17. The van der Waals surface area contributed by atoms with Crippen LogP contribution >= 0.6 is 22.6 Å². The second kappa shape index (κ2) is 7.68. The highest BCUT2D eigenvalue weighted by molar-refractivity contribution is 14.1. The Morgan fingerprint density at radius 3 is 2.53 bits per heavy atom. The Bertz CT molecular complexity index is 271. The minimum Gasteiger partial charge on any atom is -0.349 e. The summed E-state index contributed by atoms with van der Waals surface area (Å²) >= 11 is 2.18. The van der Waals surface area contributed by atoms with Crippen molar-refractivity contribution < 1.29 is 4.79 Å². The second-order valence-electron chi connectivity index (χ2n) is 3.49. The van der Waals surface area contributed by atoms with Crippen LogP contribution in [-0.2, 0) is 4.79 Å². The third-order valence-corrected chi connectivity index (χ3v) is 3.19. The number of nitrogens with one attached hydrogen (secondary N) is 1. The van der Waals surface area contributed by atoms with Crippen molar-refractivity contribution in [2.24, 2.45) is 5.92 Å². The summed E-state index contributed by atoms with van der Waals surface area (Å²) < 4.78 is 1.98. The number of amides is 1. The van der Waals surface area contributed by atoms with E-state index in [2.05, 4.69) is 41.1 Å². The lowest BCUT2D eigenvalue weighted by molar-refractivity contribution is -0.120. The molecule has 0 aliphatic heterocycles. The van der Waals surface area contributed by atoms with Gasteiger partial charge in [0.2, 0.25) is 5.91 Å². The van der Waals surface area contributed by atoms with E-state index in [9.17, 15) is 4.79 Å². The molecule has 0 rings (SSSR count). The van der Waals surface area contributed by atoms with Crippen molar-refractivity contribution in [3.05, 3.63) is 35.0 Å². The first-order valence-electron chi connectivity index (χ1n) is 4.86. The molecule has 84 valence electrons. The van der Waals surface area contributed by atoms with E-state index in [0.29, 0.717) is 6.42 Å². The quantitative estimate of drug-likeness (QED) is 0.591. The summed E-state index contributed by atoms with van der Waals surface area (Å²) in [6.07, 6.45) is 3.81. The highest BCUT2D eigenvalue weighted by atomic mass is 127. The van der Waals surface area contributed by atoms with Crippen LogP contribution in [0.1, 0.15) is 20.3 Å². The number of carbonyl (C=O) groups excluding carboxylic acids is 1. The SMILES string of the molecule is C=CCC(=O)N[C@H](/C(C)=C/I)[C@@H](C)C=C. The third kappa shape index (κ3) is 5.16. The molecular weight excluding hydrogens is 301 g/mol. The van der Waals surface area contributed by atoms with E-state index in [0.717, 1.165) is 5.57 Å². The maximum atomic E-state index is 11.4. The fourth-order valence-electron chi connectivity index (χ4n) is 1.23. The molecule has 0 aromatic heterocycles. The molecule has 0 aliphatic rings. The van der Waals surface area contributed by atoms with E-state index in [1.807, 2.05) is 24.0 Å². The summed E-state index contributed by atoms with van der Waals surface area (Å²) in [6, 6.07) is 0.0341. The van der Waals surface area contributed by atoms with Gasteiger partial charge in [-0.2, -0.15) is 0 Å². The first-order chi connectivity index (χ1) is 7.06. The van der Waals surface area contributed by atoms with Crippen molar-refractivity contribution in [3.63, 3.8) is 0 Å². The summed E-state index contributed by atoms with van der Waals surface area (Å²) in [7, 11) is 0. The summed E-state index contributed by atoms with van der Waals surface area (Å²) in [5.41, 5.74) is 1.14. The van der Waals surface area contributed by atoms with Gasteiger partial charge in [-0.05, 0) is 22.5 Å². The Balaban J connectivity index is 4.58. The third-order valence-electron chi connectivity index (χ3n) is 2.21. The van der Waals surface area contributed by atoms with Crippen molar-refractivity contribution in [2.45, 2.75) is 26.3 Å². The first-order valence-corrected chi connectivity index (χ1v) is 6.11. The standard InChI is InChI=1S/C12H18INO/c1-5-7-11(15)14-12(9(3)6-2)10(4)8-13/h5-6,8-9,12H,1-2,7H2,3-4H3,(H,14,15)/b10-8+/t9-,12-/m0/s1. The normalized spacial score (nSPS) is 15.3. The Morgan fingerprint density at radius 1 is 1.53 bits per heavy atom.